The Kier molecular flexibility index (Phi) is 9.34. The molecule has 31 heavy (non-hydrogen) atoms. The zero-order valence-electron chi connectivity index (χ0n) is 19.5. The molecule has 2 aliphatic heterocycles. The lowest BCUT2D eigenvalue weighted by atomic mass is 9.87. The summed E-state index contributed by atoms with van der Waals surface area (Å²) in [5.41, 5.74) is 0. The van der Waals surface area contributed by atoms with Crippen molar-refractivity contribution in [3.63, 3.8) is 0 Å². The van der Waals surface area contributed by atoms with Gasteiger partial charge in [-0.2, -0.15) is 11.8 Å². The van der Waals surface area contributed by atoms with Crippen LogP contribution in [0.5, 0.6) is 0 Å². The minimum atomic E-state index is 0. The maximum absolute atomic E-state index is 5.06. The molecule has 7 nitrogen and oxygen atoms in total. The highest BCUT2D eigenvalue weighted by molar-refractivity contribution is 14.0. The number of likely N-dealkylation sites (N-methyl/N-ethyl adjacent to an activating group) is 1. The van der Waals surface area contributed by atoms with Crippen LogP contribution >= 0.6 is 35.7 Å². The summed E-state index contributed by atoms with van der Waals surface area (Å²) in [6, 6.07) is 0.625. The summed E-state index contributed by atoms with van der Waals surface area (Å²) >= 11 is 2.22. The Morgan fingerprint density at radius 1 is 1.19 bits per heavy atom. The first-order valence-corrected chi connectivity index (χ1v) is 12.8. The summed E-state index contributed by atoms with van der Waals surface area (Å²) < 4.78 is 2.48. The predicted molar refractivity (Wildman–Crippen MR) is 140 cm³/mol. The van der Waals surface area contributed by atoms with Crippen LogP contribution < -0.4 is 5.32 Å². The van der Waals surface area contributed by atoms with Gasteiger partial charge >= 0.3 is 0 Å². The van der Waals surface area contributed by atoms with E-state index in [1.807, 2.05) is 18.5 Å². The molecule has 3 heterocycles. The lowest BCUT2D eigenvalue weighted by Gasteiger charge is -2.45. The molecule has 1 aromatic heterocycles. The Bertz CT molecular complexity index is 726. The van der Waals surface area contributed by atoms with E-state index in [2.05, 4.69) is 44.0 Å². The number of rotatable bonds is 5. The molecule has 1 aliphatic carbocycles. The van der Waals surface area contributed by atoms with Crippen molar-refractivity contribution in [1.29, 1.82) is 0 Å². The molecule has 1 aromatic rings. The Morgan fingerprint density at radius 3 is 2.71 bits per heavy atom. The van der Waals surface area contributed by atoms with E-state index >= 15 is 0 Å². The predicted octanol–water partition coefficient (Wildman–Crippen LogP) is 3.42. The number of hydrogen-bond acceptors (Lipinski definition) is 5. The first-order chi connectivity index (χ1) is 14.6. The van der Waals surface area contributed by atoms with Gasteiger partial charge in [0.25, 0.3) is 0 Å². The zero-order chi connectivity index (χ0) is 21.0. The Balaban J connectivity index is 0.00000272. The molecule has 3 fully saturated rings. The smallest absolute Gasteiger partial charge is 0.194 e. The van der Waals surface area contributed by atoms with Crippen molar-refractivity contribution in [2.45, 2.75) is 76.1 Å². The van der Waals surface area contributed by atoms with Crippen molar-refractivity contribution in [3.05, 3.63) is 11.6 Å². The average Bonchev–Trinajstić information content (AvgIpc) is 3.35. The molecule has 1 spiro atoms. The van der Waals surface area contributed by atoms with Crippen molar-refractivity contribution < 1.29 is 0 Å². The van der Waals surface area contributed by atoms with Crippen LogP contribution in [0.4, 0.5) is 0 Å². The SMILES string of the molecule is CCN1CCCC1CNC(=NCc1nnc(C)n1C)N1CCSC2(CCCCC2)C1.I. The van der Waals surface area contributed by atoms with Gasteiger partial charge < -0.3 is 14.8 Å². The van der Waals surface area contributed by atoms with Gasteiger partial charge in [0.1, 0.15) is 12.4 Å². The molecular formula is C22H40IN7S. The number of aliphatic imine (C=N–C) groups is 1. The summed E-state index contributed by atoms with van der Waals surface area (Å²) in [7, 11) is 2.03. The highest BCUT2D eigenvalue weighted by Gasteiger charge is 2.38. The van der Waals surface area contributed by atoms with Crippen molar-refractivity contribution in [1.82, 2.24) is 29.9 Å². The standard InChI is InChI=1S/C22H39N7S.HI/c1-4-28-12-8-9-19(28)15-23-21(24-16-20-26-25-18(2)27(20)3)29-13-14-30-22(17-29)10-6-5-7-11-22;/h19H,4-17H2,1-3H3,(H,23,24);1H. The van der Waals surface area contributed by atoms with Crippen LogP contribution in [0, 0.1) is 6.92 Å². The second-order valence-electron chi connectivity index (χ2n) is 9.18. The minimum absolute atomic E-state index is 0. The third-order valence-electron chi connectivity index (χ3n) is 7.27. The lowest BCUT2D eigenvalue weighted by molar-refractivity contribution is 0.260. The average molecular weight is 562 g/mol. The maximum Gasteiger partial charge on any atom is 0.194 e. The van der Waals surface area contributed by atoms with Gasteiger partial charge in [0.15, 0.2) is 11.8 Å². The van der Waals surface area contributed by atoms with E-state index in [1.54, 1.807) is 0 Å². The first-order valence-electron chi connectivity index (χ1n) is 11.9. The molecule has 2 saturated heterocycles. The Morgan fingerprint density at radius 2 is 2.00 bits per heavy atom. The van der Waals surface area contributed by atoms with Gasteiger partial charge in [-0.1, -0.05) is 26.2 Å². The second-order valence-corrected chi connectivity index (χ2v) is 10.7. The van der Waals surface area contributed by atoms with Crippen LogP contribution in [0.3, 0.4) is 0 Å². The second kappa shape index (κ2) is 11.5. The molecule has 0 amide bonds. The first kappa shape index (κ1) is 25.1. The van der Waals surface area contributed by atoms with Crippen molar-refractivity contribution in [2.75, 3.05) is 38.5 Å². The van der Waals surface area contributed by atoms with Gasteiger partial charge in [0, 0.05) is 43.2 Å². The molecule has 176 valence electrons. The molecular weight excluding hydrogens is 521 g/mol. The molecule has 4 rings (SSSR count). The molecule has 1 unspecified atom stereocenters. The molecule has 0 aromatic carbocycles. The van der Waals surface area contributed by atoms with Crippen LogP contribution in [0.2, 0.25) is 0 Å². The van der Waals surface area contributed by atoms with Crippen molar-refractivity contribution >= 4 is 41.7 Å². The molecule has 0 bridgehead atoms. The number of aryl methyl sites for hydroxylation is 1. The highest BCUT2D eigenvalue weighted by Crippen LogP contribution is 2.42. The topological polar surface area (TPSA) is 61.6 Å². The van der Waals surface area contributed by atoms with Crippen molar-refractivity contribution in [2.24, 2.45) is 12.0 Å². The number of halogens is 1. The summed E-state index contributed by atoms with van der Waals surface area (Å²) in [6.07, 6.45) is 9.48. The van der Waals surface area contributed by atoms with Crippen LogP contribution in [0.15, 0.2) is 4.99 Å². The Labute approximate surface area is 209 Å². The van der Waals surface area contributed by atoms with Gasteiger partial charge in [-0.05, 0) is 45.7 Å². The zero-order valence-corrected chi connectivity index (χ0v) is 22.6. The fourth-order valence-electron chi connectivity index (χ4n) is 5.28. The fourth-order valence-corrected chi connectivity index (χ4v) is 6.85. The quantitative estimate of drug-likeness (QED) is 0.338. The summed E-state index contributed by atoms with van der Waals surface area (Å²) in [5, 5.41) is 12.3. The number of nitrogens with one attached hydrogen (secondary N) is 1. The van der Waals surface area contributed by atoms with Crippen molar-refractivity contribution in [3.8, 4) is 0 Å². The van der Waals surface area contributed by atoms with E-state index in [0.717, 1.165) is 43.8 Å². The van der Waals surface area contributed by atoms with Gasteiger partial charge in [0.2, 0.25) is 0 Å². The molecule has 1 saturated carbocycles. The van der Waals surface area contributed by atoms with E-state index in [1.165, 1.54) is 57.2 Å². The molecule has 1 N–H and O–H groups in total. The monoisotopic (exact) mass is 561 g/mol. The molecule has 1 atom stereocenters. The van der Waals surface area contributed by atoms with Gasteiger partial charge in [-0.15, -0.1) is 34.2 Å². The number of thioether (sulfide) groups is 1. The normalized spacial score (nSPS) is 24.4. The maximum atomic E-state index is 5.06. The third-order valence-corrected chi connectivity index (χ3v) is 8.80. The Hall–Kier alpha value is -0.550. The number of hydrogen-bond donors (Lipinski definition) is 1. The fraction of sp³-hybridized carbons (Fsp3) is 0.864. The van der Waals surface area contributed by atoms with Gasteiger partial charge in [-0.25, -0.2) is 4.99 Å². The van der Waals surface area contributed by atoms with E-state index < -0.39 is 0 Å². The third kappa shape index (κ3) is 6.07. The number of guanidine groups is 1. The van der Waals surface area contributed by atoms with E-state index in [4.69, 9.17) is 4.99 Å². The van der Waals surface area contributed by atoms with E-state index in [-0.39, 0.29) is 24.0 Å². The van der Waals surface area contributed by atoms with Crippen LogP contribution in [0.25, 0.3) is 0 Å². The highest BCUT2D eigenvalue weighted by atomic mass is 127. The van der Waals surface area contributed by atoms with Crippen LogP contribution in [-0.4, -0.2) is 79.8 Å². The summed E-state index contributed by atoms with van der Waals surface area (Å²) in [6.45, 7) is 10.4. The van der Waals surface area contributed by atoms with Gasteiger partial charge in [0.05, 0.1) is 0 Å². The summed E-state index contributed by atoms with van der Waals surface area (Å²) in [5.74, 6) is 4.15. The molecule has 9 heteroatoms. The summed E-state index contributed by atoms with van der Waals surface area (Å²) in [4.78, 5) is 10.2. The largest absolute Gasteiger partial charge is 0.355 e. The molecule has 3 aliphatic rings. The number of aromatic nitrogens is 3. The molecule has 0 radical (unpaired) electrons. The van der Waals surface area contributed by atoms with Crippen LogP contribution in [-0.2, 0) is 13.6 Å². The lowest BCUT2D eigenvalue weighted by Crippen LogP contribution is -2.54. The number of likely N-dealkylation sites (tertiary alicyclic amines) is 1. The van der Waals surface area contributed by atoms with Crippen LogP contribution in [0.1, 0.15) is 63.5 Å². The minimum Gasteiger partial charge on any atom is -0.355 e. The van der Waals surface area contributed by atoms with Gasteiger partial charge in [-0.3, -0.25) is 4.90 Å². The van der Waals surface area contributed by atoms with E-state index in [9.17, 15) is 0 Å². The van der Waals surface area contributed by atoms with E-state index in [0.29, 0.717) is 17.3 Å². The number of nitrogens with zero attached hydrogens (tertiary/aromatic N) is 6.